The van der Waals surface area contributed by atoms with Crippen molar-refractivity contribution in [3.63, 3.8) is 0 Å². The Morgan fingerprint density at radius 3 is 2.63 bits per heavy atom. The van der Waals surface area contributed by atoms with E-state index in [1.165, 1.54) is 12.3 Å². The first-order valence-corrected chi connectivity index (χ1v) is 12.3. The molecule has 2 aromatic carbocycles. The number of ether oxygens (including phenoxy) is 1. The maximum Gasteiger partial charge on any atom is 0.284 e. The van der Waals surface area contributed by atoms with Crippen molar-refractivity contribution >= 4 is 78.9 Å². The summed E-state index contributed by atoms with van der Waals surface area (Å²) in [5.41, 5.74) is 4.88. The van der Waals surface area contributed by atoms with Gasteiger partial charge in [0.2, 0.25) is 17.8 Å². The van der Waals surface area contributed by atoms with Gasteiger partial charge in [0.1, 0.15) is 0 Å². The fraction of sp³-hybridized carbons (Fsp3) is 0.238. The largest absolute Gasteiger partial charge is 0.378 e. The zero-order valence-corrected chi connectivity index (χ0v) is 22.3. The van der Waals surface area contributed by atoms with Crippen LogP contribution in [0, 0.1) is 17.0 Å². The highest BCUT2D eigenvalue weighted by Crippen LogP contribution is 2.31. The van der Waals surface area contributed by atoms with Crippen molar-refractivity contribution in [1.29, 1.82) is 0 Å². The van der Waals surface area contributed by atoms with E-state index in [2.05, 4.69) is 62.7 Å². The molecule has 1 aromatic heterocycles. The van der Waals surface area contributed by atoms with Crippen LogP contribution >= 0.6 is 43.5 Å². The van der Waals surface area contributed by atoms with Crippen LogP contribution in [0.3, 0.4) is 0 Å². The second kappa shape index (κ2) is 11.2. The summed E-state index contributed by atoms with van der Waals surface area (Å²) in [5.74, 6) is 0.942. The summed E-state index contributed by atoms with van der Waals surface area (Å²) in [5, 5.41) is 19.1. The Kier molecular flexibility index (Phi) is 8.11. The number of benzene rings is 2. The Morgan fingerprint density at radius 2 is 1.89 bits per heavy atom. The minimum Gasteiger partial charge on any atom is -0.378 e. The number of hydrogen-bond acceptors (Lipinski definition) is 10. The lowest BCUT2D eigenvalue weighted by atomic mass is 10.2. The molecule has 0 aliphatic carbocycles. The molecule has 1 saturated heterocycles. The maximum atomic E-state index is 11.2. The Labute approximate surface area is 222 Å². The summed E-state index contributed by atoms with van der Waals surface area (Å²) in [6.07, 6.45) is 1.45. The zero-order chi connectivity index (χ0) is 24.9. The Morgan fingerprint density at radius 1 is 1.14 bits per heavy atom. The monoisotopic (exact) mass is 624 g/mol. The molecule has 182 valence electrons. The summed E-state index contributed by atoms with van der Waals surface area (Å²) < 4.78 is 6.62. The van der Waals surface area contributed by atoms with Gasteiger partial charge in [-0.3, -0.25) is 10.1 Å². The van der Waals surface area contributed by atoms with Crippen molar-refractivity contribution < 1.29 is 9.66 Å². The number of hydrazone groups is 1. The van der Waals surface area contributed by atoms with E-state index in [0.29, 0.717) is 58.9 Å². The molecule has 0 radical (unpaired) electrons. The van der Waals surface area contributed by atoms with Crippen LogP contribution in [-0.4, -0.2) is 52.4 Å². The molecular formula is C21H19Br2ClN8O3. The fourth-order valence-corrected chi connectivity index (χ4v) is 4.26. The Bertz CT molecular complexity index is 1290. The third-order valence-corrected chi connectivity index (χ3v) is 6.69. The molecule has 0 spiro atoms. The van der Waals surface area contributed by atoms with Gasteiger partial charge in [-0.2, -0.15) is 20.1 Å². The molecule has 3 aromatic rings. The number of hydrogen-bond donors (Lipinski definition) is 2. The summed E-state index contributed by atoms with van der Waals surface area (Å²) in [7, 11) is 0. The Balaban J connectivity index is 1.61. The third kappa shape index (κ3) is 6.42. The average molecular weight is 627 g/mol. The second-order valence-electron chi connectivity index (χ2n) is 7.43. The molecule has 11 nitrogen and oxygen atoms in total. The van der Waals surface area contributed by atoms with Crippen LogP contribution < -0.4 is 15.6 Å². The van der Waals surface area contributed by atoms with Crippen LogP contribution in [0.15, 0.2) is 44.4 Å². The number of nitro benzene ring substituents is 1. The topological polar surface area (TPSA) is 131 Å². The number of anilines is 4. The predicted molar refractivity (Wildman–Crippen MR) is 142 cm³/mol. The van der Waals surface area contributed by atoms with Gasteiger partial charge in [0, 0.05) is 34.2 Å². The lowest BCUT2D eigenvalue weighted by molar-refractivity contribution is -0.385. The van der Waals surface area contributed by atoms with E-state index in [1.807, 2.05) is 17.9 Å². The summed E-state index contributed by atoms with van der Waals surface area (Å²) >= 11 is 13.0. The average Bonchev–Trinajstić information content (AvgIpc) is 2.84. The van der Waals surface area contributed by atoms with Crippen LogP contribution in [-0.2, 0) is 4.74 Å². The summed E-state index contributed by atoms with van der Waals surface area (Å²) in [6.45, 7) is 4.31. The van der Waals surface area contributed by atoms with E-state index >= 15 is 0 Å². The van der Waals surface area contributed by atoms with Gasteiger partial charge in [-0.25, -0.2) is 5.43 Å². The fourth-order valence-electron chi connectivity index (χ4n) is 3.15. The number of aromatic nitrogens is 3. The van der Waals surface area contributed by atoms with E-state index in [1.54, 1.807) is 18.2 Å². The van der Waals surface area contributed by atoms with Gasteiger partial charge in [-0.05, 0) is 62.5 Å². The van der Waals surface area contributed by atoms with Crippen molar-refractivity contribution in [1.82, 2.24) is 15.0 Å². The van der Waals surface area contributed by atoms with Crippen LogP contribution in [0.1, 0.15) is 11.1 Å². The van der Waals surface area contributed by atoms with Gasteiger partial charge < -0.3 is 15.0 Å². The van der Waals surface area contributed by atoms with E-state index in [4.69, 9.17) is 16.3 Å². The molecule has 2 heterocycles. The minimum atomic E-state index is -0.469. The molecule has 0 unspecified atom stereocenters. The highest BCUT2D eigenvalue weighted by molar-refractivity contribution is 9.11. The maximum absolute atomic E-state index is 11.2. The number of rotatable bonds is 7. The lowest BCUT2D eigenvalue weighted by Crippen LogP contribution is -2.37. The lowest BCUT2D eigenvalue weighted by Gasteiger charge is -2.27. The van der Waals surface area contributed by atoms with Crippen molar-refractivity contribution in [2.24, 2.45) is 5.10 Å². The first kappa shape index (κ1) is 25.2. The smallest absolute Gasteiger partial charge is 0.284 e. The highest BCUT2D eigenvalue weighted by Gasteiger charge is 2.17. The molecule has 4 rings (SSSR count). The van der Waals surface area contributed by atoms with Crippen molar-refractivity contribution in [2.45, 2.75) is 6.92 Å². The van der Waals surface area contributed by atoms with Crippen LogP contribution in [0.25, 0.3) is 0 Å². The molecule has 1 aliphatic heterocycles. The van der Waals surface area contributed by atoms with Gasteiger partial charge in [0.15, 0.2) is 0 Å². The quantitative estimate of drug-likeness (QED) is 0.204. The zero-order valence-electron chi connectivity index (χ0n) is 18.3. The first-order chi connectivity index (χ1) is 16.8. The third-order valence-electron chi connectivity index (χ3n) is 4.96. The van der Waals surface area contributed by atoms with Crippen LogP contribution in [0.2, 0.25) is 5.02 Å². The van der Waals surface area contributed by atoms with E-state index < -0.39 is 4.92 Å². The number of nitro groups is 1. The van der Waals surface area contributed by atoms with Crippen LogP contribution in [0.5, 0.6) is 0 Å². The van der Waals surface area contributed by atoms with E-state index in [0.717, 1.165) is 10.0 Å². The van der Waals surface area contributed by atoms with Crippen molar-refractivity contribution in [3.05, 3.63) is 65.5 Å². The molecule has 14 heteroatoms. The molecule has 0 saturated carbocycles. The van der Waals surface area contributed by atoms with Crippen LogP contribution in [0.4, 0.5) is 29.2 Å². The predicted octanol–water partition coefficient (Wildman–Crippen LogP) is 5.29. The number of aryl methyl sites for hydroxylation is 1. The highest BCUT2D eigenvalue weighted by atomic mass is 79.9. The van der Waals surface area contributed by atoms with Gasteiger partial charge in [-0.15, -0.1) is 0 Å². The number of halogens is 3. The van der Waals surface area contributed by atoms with Gasteiger partial charge in [0.25, 0.3) is 5.69 Å². The second-order valence-corrected chi connectivity index (χ2v) is 9.54. The molecule has 1 aliphatic rings. The molecular weight excluding hydrogens is 608 g/mol. The summed E-state index contributed by atoms with van der Waals surface area (Å²) in [6, 6.07) is 8.37. The molecule has 35 heavy (non-hydrogen) atoms. The van der Waals surface area contributed by atoms with Gasteiger partial charge >= 0.3 is 0 Å². The van der Waals surface area contributed by atoms with Gasteiger partial charge in [-0.1, -0.05) is 17.7 Å². The Hall–Kier alpha value is -2.87. The SMILES string of the molecule is Cc1cc(Br)c(Nc2nc(NN=Cc3ccc(Br)c([N+](=O)[O-])c3)nc(N3CCOCC3)n2)cc1Cl. The number of nitrogens with one attached hydrogen (secondary N) is 2. The molecule has 0 atom stereocenters. The summed E-state index contributed by atoms with van der Waals surface area (Å²) in [4.78, 5) is 26.1. The molecule has 0 amide bonds. The molecule has 0 bridgehead atoms. The van der Waals surface area contributed by atoms with Crippen molar-refractivity contribution in [2.75, 3.05) is 41.9 Å². The van der Waals surface area contributed by atoms with E-state index in [9.17, 15) is 10.1 Å². The number of morpholine rings is 1. The molecule has 1 fully saturated rings. The first-order valence-electron chi connectivity index (χ1n) is 10.3. The standard InChI is InChI=1S/C21H19Br2ClN8O3/c1-12-8-15(23)17(10-16(12)24)26-19-27-20(29-21(28-19)31-4-6-35-7-5-31)30-25-11-13-2-3-14(22)18(9-13)32(33)34/h2-3,8-11H,4-7H2,1H3,(H2,26,27,28,29,30). The minimum absolute atomic E-state index is 0.0578. The normalized spacial score (nSPS) is 13.8. The van der Waals surface area contributed by atoms with Crippen molar-refractivity contribution in [3.8, 4) is 0 Å². The van der Waals surface area contributed by atoms with Gasteiger partial charge in [0.05, 0.1) is 34.5 Å². The molecule has 2 N–H and O–H groups in total. The van der Waals surface area contributed by atoms with E-state index in [-0.39, 0.29) is 11.6 Å². The number of nitrogens with zero attached hydrogens (tertiary/aromatic N) is 6.